The maximum atomic E-state index is 11.9. The zero-order chi connectivity index (χ0) is 15.9. The lowest BCUT2D eigenvalue weighted by atomic mass is 10.2. The Kier molecular flexibility index (Phi) is 5.71. The van der Waals surface area contributed by atoms with Crippen LogP contribution in [0.3, 0.4) is 0 Å². The number of amides is 2. The number of rotatable bonds is 8. The minimum Gasteiger partial charge on any atom is -0.441 e. The quantitative estimate of drug-likeness (QED) is 0.727. The Morgan fingerprint density at radius 2 is 2.23 bits per heavy atom. The lowest BCUT2D eigenvalue weighted by Gasteiger charge is -2.03. The predicted molar refractivity (Wildman–Crippen MR) is 84.3 cm³/mol. The van der Waals surface area contributed by atoms with E-state index in [0.717, 1.165) is 12.0 Å². The molecule has 0 aliphatic rings. The van der Waals surface area contributed by atoms with Crippen LogP contribution >= 0.6 is 11.3 Å². The Morgan fingerprint density at radius 1 is 1.41 bits per heavy atom. The highest BCUT2D eigenvalue weighted by Gasteiger charge is 2.14. The van der Waals surface area contributed by atoms with Crippen molar-refractivity contribution in [1.29, 1.82) is 0 Å². The van der Waals surface area contributed by atoms with Gasteiger partial charge in [0.25, 0.3) is 0 Å². The third-order valence-electron chi connectivity index (χ3n) is 3.16. The molecule has 118 valence electrons. The molecule has 7 heteroatoms. The number of nitrogens with one attached hydrogen (secondary N) is 1. The van der Waals surface area contributed by atoms with Gasteiger partial charge in [-0.05, 0) is 31.2 Å². The van der Waals surface area contributed by atoms with E-state index >= 15 is 0 Å². The van der Waals surface area contributed by atoms with Crippen LogP contribution in [0.15, 0.2) is 21.2 Å². The van der Waals surface area contributed by atoms with Crippen molar-refractivity contribution in [3.05, 3.63) is 28.3 Å². The molecule has 0 fully saturated rings. The second-order valence-corrected chi connectivity index (χ2v) is 5.76. The zero-order valence-electron chi connectivity index (χ0n) is 12.4. The number of thiophene rings is 1. The number of oxazole rings is 1. The fourth-order valence-electron chi connectivity index (χ4n) is 1.97. The molecule has 0 aliphatic carbocycles. The molecular formula is C15H19N3O3S. The molecule has 0 saturated carbocycles. The first kappa shape index (κ1) is 16.2. The third kappa shape index (κ3) is 4.70. The normalized spacial score (nSPS) is 10.6. The van der Waals surface area contributed by atoms with Crippen LogP contribution in [-0.2, 0) is 16.0 Å². The van der Waals surface area contributed by atoms with Crippen molar-refractivity contribution in [2.45, 2.75) is 32.6 Å². The van der Waals surface area contributed by atoms with E-state index in [-0.39, 0.29) is 18.2 Å². The number of carbonyl (C=O) groups is 2. The summed E-state index contributed by atoms with van der Waals surface area (Å²) in [5.74, 6) is 0.783. The zero-order valence-corrected chi connectivity index (χ0v) is 13.2. The molecule has 2 rings (SSSR count). The molecule has 2 aromatic rings. The molecule has 22 heavy (non-hydrogen) atoms. The van der Waals surface area contributed by atoms with E-state index < -0.39 is 0 Å². The molecule has 2 heterocycles. The van der Waals surface area contributed by atoms with Crippen molar-refractivity contribution in [2.75, 3.05) is 6.54 Å². The van der Waals surface area contributed by atoms with E-state index in [1.807, 2.05) is 16.8 Å². The first-order valence-corrected chi connectivity index (χ1v) is 8.04. The number of carbonyl (C=O) groups excluding carboxylic acids is 2. The molecule has 0 saturated heterocycles. The van der Waals surface area contributed by atoms with Gasteiger partial charge in [-0.25, -0.2) is 4.98 Å². The van der Waals surface area contributed by atoms with Crippen molar-refractivity contribution < 1.29 is 14.0 Å². The molecular weight excluding hydrogens is 302 g/mol. The summed E-state index contributed by atoms with van der Waals surface area (Å²) in [5, 5.41) is 6.71. The summed E-state index contributed by atoms with van der Waals surface area (Å²) in [5.41, 5.74) is 6.62. The summed E-state index contributed by atoms with van der Waals surface area (Å²) in [6, 6.07) is 1.93. The van der Waals surface area contributed by atoms with Crippen molar-refractivity contribution >= 4 is 23.2 Å². The number of hydrogen-bond donors (Lipinski definition) is 2. The first-order chi connectivity index (χ1) is 10.6. The highest BCUT2D eigenvalue weighted by atomic mass is 32.1. The van der Waals surface area contributed by atoms with Crippen molar-refractivity contribution in [2.24, 2.45) is 5.73 Å². The van der Waals surface area contributed by atoms with Gasteiger partial charge in [-0.1, -0.05) is 0 Å². The van der Waals surface area contributed by atoms with E-state index in [9.17, 15) is 9.59 Å². The Morgan fingerprint density at radius 3 is 2.91 bits per heavy atom. The Labute approximate surface area is 132 Å². The maximum absolute atomic E-state index is 11.9. The lowest BCUT2D eigenvalue weighted by Crippen LogP contribution is -2.26. The molecule has 0 spiro atoms. The fraction of sp³-hybridized carbons (Fsp3) is 0.400. The number of nitrogens with zero attached hydrogens (tertiary/aromatic N) is 1. The van der Waals surface area contributed by atoms with Gasteiger partial charge in [0.1, 0.15) is 5.76 Å². The third-order valence-corrected chi connectivity index (χ3v) is 3.84. The highest BCUT2D eigenvalue weighted by Crippen LogP contribution is 2.23. The number of aryl methyl sites for hydroxylation is 1. The summed E-state index contributed by atoms with van der Waals surface area (Å²) in [6.45, 7) is 2.33. The molecule has 0 atom stereocenters. The molecule has 0 aromatic carbocycles. The molecule has 2 amide bonds. The SMILES string of the molecule is Cc1oc(-c2ccsc2)nc1CC(=O)NCCCCC(N)=O. The number of unbranched alkanes of at least 4 members (excludes halogenated alkanes) is 1. The van der Waals surface area contributed by atoms with E-state index in [1.54, 1.807) is 18.3 Å². The standard InChI is InChI=1S/C15H19N3O3S/c1-10-12(18-15(21-10)11-5-7-22-9-11)8-14(20)17-6-3-2-4-13(16)19/h5,7,9H,2-4,6,8H2,1H3,(H2,16,19)(H,17,20). The molecule has 0 aliphatic heterocycles. The van der Waals surface area contributed by atoms with Crippen LogP contribution in [0.5, 0.6) is 0 Å². The van der Waals surface area contributed by atoms with E-state index in [4.69, 9.17) is 10.2 Å². The Balaban J connectivity index is 1.80. The number of hydrogen-bond acceptors (Lipinski definition) is 5. The van der Waals surface area contributed by atoms with Gasteiger partial charge in [-0.3, -0.25) is 9.59 Å². The van der Waals surface area contributed by atoms with Gasteiger partial charge < -0.3 is 15.5 Å². The monoisotopic (exact) mass is 321 g/mol. The smallest absolute Gasteiger partial charge is 0.227 e. The lowest BCUT2D eigenvalue weighted by molar-refractivity contribution is -0.120. The van der Waals surface area contributed by atoms with Gasteiger partial charge >= 0.3 is 0 Å². The summed E-state index contributed by atoms with van der Waals surface area (Å²) in [7, 11) is 0. The molecule has 0 unspecified atom stereocenters. The number of nitrogens with two attached hydrogens (primary N) is 1. The second-order valence-electron chi connectivity index (χ2n) is 4.98. The van der Waals surface area contributed by atoms with Gasteiger partial charge in [-0.15, -0.1) is 0 Å². The number of aromatic nitrogens is 1. The van der Waals surface area contributed by atoms with Crippen LogP contribution in [0, 0.1) is 6.92 Å². The average molecular weight is 321 g/mol. The van der Waals surface area contributed by atoms with Gasteiger partial charge in [0.15, 0.2) is 0 Å². The van der Waals surface area contributed by atoms with E-state index in [2.05, 4.69) is 10.3 Å². The van der Waals surface area contributed by atoms with Crippen molar-refractivity contribution in [3.63, 3.8) is 0 Å². The van der Waals surface area contributed by atoms with Crippen LogP contribution in [-0.4, -0.2) is 23.3 Å². The molecule has 6 nitrogen and oxygen atoms in total. The van der Waals surface area contributed by atoms with E-state index in [0.29, 0.717) is 36.7 Å². The van der Waals surface area contributed by atoms with Crippen molar-refractivity contribution in [3.8, 4) is 11.5 Å². The van der Waals surface area contributed by atoms with Crippen molar-refractivity contribution in [1.82, 2.24) is 10.3 Å². The molecule has 2 aromatic heterocycles. The fourth-order valence-corrected chi connectivity index (χ4v) is 2.60. The minimum atomic E-state index is -0.314. The Bertz CT molecular complexity index is 635. The Hall–Kier alpha value is -2.15. The van der Waals surface area contributed by atoms with Gasteiger partial charge in [-0.2, -0.15) is 11.3 Å². The van der Waals surface area contributed by atoms with Gasteiger partial charge in [0, 0.05) is 23.9 Å². The molecule has 3 N–H and O–H groups in total. The first-order valence-electron chi connectivity index (χ1n) is 7.10. The van der Waals surface area contributed by atoms with Crippen LogP contribution in [0.1, 0.15) is 30.7 Å². The highest BCUT2D eigenvalue weighted by molar-refractivity contribution is 7.08. The second kappa shape index (κ2) is 7.74. The average Bonchev–Trinajstić information content (AvgIpc) is 3.08. The van der Waals surface area contributed by atoms with Crippen LogP contribution < -0.4 is 11.1 Å². The maximum Gasteiger partial charge on any atom is 0.227 e. The van der Waals surface area contributed by atoms with Crippen LogP contribution in [0.4, 0.5) is 0 Å². The summed E-state index contributed by atoms with van der Waals surface area (Å²) < 4.78 is 5.59. The number of primary amides is 1. The molecule has 0 bridgehead atoms. The van der Waals surface area contributed by atoms with Gasteiger partial charge in [0.2, 0.25) is 17.7 Å². The van der Waals surface area contributed by atoms with Crippen LogP contribution in [0.2, 0.25) is 0 Å². The minimum absolute atomic E-state index is 0.104. The topological polar surface area (TPSA) is 98.2 Å². The molecule has 0 radical (unpaired) electrons. The van der Waals surface area contributed by atoms with Gasteiger partial charge in [0.05, 0.1) is 12.1 Å². The largest absolute Gasteiger partial charge is 0.441 e. The summed E-state index contributed by atoms with van der Waals surface area (Å²) in [6.07, 6.45) is 1.95. The predicted octanol–water partition coefficient (Wildman–Crippen LogP) is 2.03. The summed E-state index contributed by atoms with van der Waals surface area (Å²) in [4.78, 5) is 26.8. The van der Waals surface area contributed by atoms with Crippen LogP contribution in [0.25, 0.3) is 11.5 Å². The van der Waals surface area contributed by atoms with E-state index in [1.165, 1.54) is 0 Å². The summed E-state index contributed by atoms with van der Waals surface area (Å²) >= 11 is 1.57.